The molecule has 0 aromatic carbocycles. The van der Waals surface area contributed by atoms with Gasteiger partial charge in [0.2, 0.25) is 0 Å². The largest absolute Gasteiger partial charge is 0.411 e. The van der Waals surface area contributed by atoms with Crippen molar-refractivity contribution in [2.24, 2.45) is 10.9 Å². The van der Waals surface area contributed by atoms with Crippen LogP contribution in [0.25, 0.3) is 0 Å². The molecule has 0 aromatic rings. The van der Waals surface area contributed by atoms with Crippen LogP contribution in [-0.4, -0.2) is 17.0 Å². The Labute approximate surface area is 106 Å². The van der Waals surface area contributed by atoms with Gasteiger partial charge in [0.25, 0.3) is 0 Å². The van der Waals surface area contributed by atoms with Crippen molar-refractivity contribution in [1.82, 2.24) is 0 Å². The van der Waals surface area contributed by atoms with E-state index in [0.29, 0.717) is 5.71 Å². The minimum atomic E-state index is -0.0652. The summed E-state index contributed by atoms with van der Waals surface area (Å²) in [4.78, 5) is 0. The fourth-order valence-electron chi connectivity index (χ4n) is 1.96. The van der Waals surface area contributed by atoms with Gasteiger partial charge in [-0.15, -0.1) is 0 Å². The molecular formula is C14H30N2O. The zero-order chi connectivity index (χ0) is 12.9. The van der Waals surface area contributed by atoms with Crippen LogP contribution >= 0.6 is 0 Å². The molecule has 17 heavy (non-hydrogen) atoms. The summed E-state index contributed by atoms with van der Waals surface area (Å²) in [7, 11) is 0. The van der Waals surface area contributed by atoms with Gasteiger partial charge < -0.3 is 10.9 Å². The average Bonchev–Trinajstić information content (AvgIpc) is 2.35. The summed E-state index contributed by atoms with van der Waals surface area (Å²) < 4.78 is 0. The summed E-state index contributed by atoms with van der Waals surface area (Å²) >= 11 is 0. The summed E-state index contributed by atoms with van der Waals surface area (Å²) in [5, 5.41) is 11.7. The second kappa shape index (κ2) is 11.9. The highest BCUT2D eigenvalue weighted by atomic mass is 16.4. The molecular weight excluding hydrogens is 212 g/mol. The van der Waals surface area contributed by atoms with Gasteiger partial charge in [0, 0.05) is 6.04 Å². The van der Waals surface area contributed by atoms with Gasteiger partial charge in [-0.2, -0.15) is 0 Å². The van der Waals surface area contributed by atoms with E-state index in [0.717, 1.165) is 12.8 Å². The van der Waals surface area contributed by atoms with Gasteiger partial charge in [-0.05, 0) is 13.3 Å². The van der Waals surface area contributed by atoms with E-state index in [1.807, 2.05) is 0 Å². The van der Waals surface area contributed by atoms with Crippen LogP contribution in [0.15, 0.2) is 5.16 Å². The molecule has 0 bridgehead atoms. The van der Waals surface area contributed by atoms with E-state index in [1.54, 1.807) is 6.92 Å². The summed E-state index contributed by atoms with van der Waals surface area (Å²) in [6.07, 6.45) is 12.9. The molecule has 0 saturated carbocycles. The molecule has 0 rings (SSSR count). The van der Waals surface area contributed by atoms with Gasteiger partial charge in [0.15, 0.2) is 0 Å². The lowest BCUT2D eigenvalue weighted by Crippen LogP contribution is -2.28. The molecule has 0 aliphatic heterocycles. The minimum absolute atomic E-state index is 0.0652. The van der Waals surface area contributed by atoms with E-state index in [2.05, 4.69) is 12.1 Å². The molecule has 0 aliphatic carbocycles. The molecule has 1 unspecified atom stereocenters. The number of rotatable bonds is 11. The molecule has 0 fully saturated rings. The van der Waals surface area contributed by atoms with Crippen LogP contribution in [0.3, 0.4) is 0 Å². The fraction of sp³-hybridized carbons (Fsp3) is 0.929. The summed E-state index contributed by atoms with van der Waals surface area (Å²) in [5.74, 6) is 0. The highest BCUT2D eigenvalue weighted by molar-refractivity contribution is 5.86. The van der Waals surface area contributed by atoms with Crippen LogP contribution in [0.1, 0.15) is 78.1 Å². The second-order valence-corrected chi connectivity index (χ2v) is 4.96. The van der Waals surface area contributed by atoms with E-state index >= 15 is 0 Å². The van der Waals surface area contributed by atoms with Crippen molar-refractivity contribution in [3.8, 4) is 0 Å². The van der Waals surface area contributed by atoms with Crippen LogP contribution in [-0.2, 0) is 0 Å². The van der Waals surface area contributed by atoms with Crippen LogP contribution in [0.4, 0.5) is 0 Å². The van der Waals surface area contributed by atoms with Crippen molar-refractivity contribution in [2.75, 3.05) is 0 Å². The van der Waals surface area contributed by atoms with Crippen molar-refractivity contribution in [2.45, 2.75) is 84.1 Å². The third-order valence-corrected chi connectivity index (χ3v) is 3.31. The van der Waals surface area contributed by atoms with E-state index in [9.17, 15) is 0 Å². The molecule has 102 valence electrons. The van der Waals surface area contributed by atoms with Gasteiger partial charge in [0.05, 0.1) is 5.71 Å². The molecule has 1 atom stereocenters. The molecule has 3 heteroatoms. The average molecular weight is 242 g/mol. The number of unbranched alkanes of at least 4 members (excludes halogenated alkanes) is 8. The first-order valence-corrected chi connectivity index (χ1v) is 7.16. The van der Waals surface area contributed by atoms with Crippen molar-refractivity contribution in [3.63, 3.8) is 0 Å². The maximum Gasteiger partial charge on any atom is 0.0706 e. The summed E-state index contributed by atoms with van der Waals surface area (Å²) in [5.41, 5.74) is 6.48. The molecule has 0 amide bonds. The highest BCUT2D eigenvalue weighted by Gasteiger charge is 2.05. The van der Waals surface area contributed by atoms with E-state index in [-0.39, 0.29) is 6.04 Å². The Morgan fingerprint density at radius 2 is 1.47 bits per heavy atom. The van der Waals surface area contributed by atoms with Gasteiger partial charge in [0.1, 0.15) is 0 Å². The molecule has 0 radical (unpaired) electrons. The first kappa shape index (κ1) is 16.4. The van der Waals surface area contributed by atoms with Gasteiger partial charge in [-0.3, -0.25) is 0 Å². The SMILES string of the molecule is CCCCCCCCCCCC(N)/C(C)=N/O. The standard InChI is InChI=1S/C14H30N2O/c1-3-4-5-6-7-8-9-10-11-12-14(15)13(2)16-17/h14,17H,3-12,15H2,1-2H3/b16-13+. The zero-order valence-electron chi connectivity index (χ0n) is 11.6. The third kappa shape index (κ3) is 10.3. The molecule has 0 heterocycles. The maximum atomic E-state index is 8.56. The maximum absolute atomic E-state index is 8.56. The fourth-order valence-corrected chi connectivity index (χ4v) is 1.96. The minimum Gasteiger partial charge on any atom is -0.411 e. The normalized spacial score (nSPS) is 13.9. The lowest BCUT2D eigenvalue weighted by Gasteiger charge is -2.09. The topological polar surface area (TPSA) is 58.6 Å². The quantitative estimate of drug-likeness (QED) is 0.248. The molecule has 3 nitrogen and oxygen atoms in total. The summed E-state index contributed by atoms with van der Waals surface area (Å²) in [6, 6.07) is -0.0652. The predicted octanol–water partition coefficient (Wildman–Crippen LogP) is 4.08. The smallest absolute Gasteiger partial charge is 0.0706 e. The van der Waals surface area contributed by atoms with Gasteiger partial charge in [-0.25, -0.2) is 0 Å². The van der Waals surface area contributed by atoms with Crippen LogP contribution in [0.5, 0.6) is 0 Å². The monoisotopic (exact) mass is 242 g/mol. The first-order valence-electron chi connectivity index (χ1n) is 7.16. The van der Waals surface area contributed by atoms with Gasteiger partial charge >= 0.3 is 0 Å². The first-order chi connectivity index (χ1) is 8.22. The predicted molar refractivity (Wildman–Crippen MR) is 74.7 cm³/mol. The van der Waals surface area contributed by atoms with Crippen LogP contribution < -0.4 is 5.73 Å². The molecule has 3 N–H and O–H groups in total. The Morgan fingerprint density at radius 3 is 1.94 bits per heavy atom. The second-order valence-electron chi connectivity index (χ2n) is 4.96. The molecule has 0 spiro atoms. The Hall–Kier alpha value is -0.570. The molecule has 0 saturated heterocycles. The Bertz CT molecular complexity index is 193. The number of hydrogen-bond acceptors (Lipinski definition) is 3. The Balaban J connectivity index is 3.18. The van der Waals surface area contributed by atoms with Crippen LogP contribution in [0, 0.1) is 0 Å². The van der Waals surface area contributed by atoms with Crippen LogP contribution in [0.2, 0.25) is 0 Å². The third-order valence-electron chi connectivity index (χ3n) is 3.31. The number of hydrogen-bond donors (Lipinski definition) is 2. The molecule has 0 aromatic heterocycles. The molecule has 0 aliphatic rings. The Kier molecular flexibility index (Phi) is 11.5. The van der Waals surface area contributed by atoms with Crippen molar-refractivity contribution < 1.29 is 5.21 Å². The number of oxime groups is 1. The van der Waals surface area contributed by atoms with Crippen molar-refractivity contribution in [1.29, 1.82) is 0 Å². The highest BCUT2D eigenvalue weighted by Crippen LogP contribution is 2.11. The number of nitrogens with zero attached hydrogens (tertiary/aromatic N) is 1. The summed E-state index contributed by atoms with van der Waals surface area (Å²) in [6.45, 7) is 4.03. The van der Waals surface area contributed by atoms with E-state index in [1.165, 1.54) is 51.4 Å². The lowest BCUT2D eigenvalue weighted by molar-refractivity contribution is 0.316. The van der Waals surface area contributed by atoms with E-state index < -0.39 is 0 Å². The van der Waals surface area contributed by atoms with Gasteiger partial charge in [-0.1, -0.05) is 69.9 Å². The van der Waals surface area contributed by atoms with Crippen molar-refractivity contribution >= 4 is 5.71 Å². The van der Waals surface area contributed by atoms with E-state index in [4.69, 9.17) is 10.9 Å². The zero-order valence-corrected chi connectivity index (χ0v) is 11.6. The van der Waals surface area contributed by atoms with Crippen molar-refractivity contribution in [3.05, 3.63) is 0 Å². The lowest BCUT2D eigenvalue weighted by atomic mass is 10.0. The number of nitrogens with two attached hydrogens (primary N) is 1. The Morgan fingerprint density at radius 1 is 1.00 bits per heavy atom.